The van der Waals surface area contributed by atoms with E-state index < -0.39 is 0 Å². The first-order valence-corrected chi connectivity index (χ1v) is 6.75. The maximum absolute atomic E-state index is 5.91. The molecule has 2 N–H and O–H groups in total. The van der Waals surface area contributed by atoms with Crippen LogP contribution in [0.2, 0.25) is 0 Å². The Hall–Kier alpha value is -1.20. The smallest absolute Gasteiger partial charge is 0.151 e. The van der Waals surface area contributed by atoms with Crippen molar-refractivity contribution in [3.63, 3.8) is 0 Å². The van der Waals surface area contributed by atoms with Crippen LogP contribution >= 0.6 is 0 Å². The van der Waals surface area contributed by atoms with Gasteiger partial charge in [-0.05, 0) is 31.4 Å². The van der Waals surface area contributed by atoms with Gasteiger partial charge in [0.15, 0.2) is 5.82 Å². The van der Waals surface area contributed by atoms with Gasteiger partial charge in [0, 0.05) is 38.3 Å². The molecule has 0 radical (unpaired) electrons. The van der Waals surface area contributed by atoms with Crippen molar-refractivity contribution < 1.29 is 4.74 Å². The van der Waals surface area contributed by atoms with Gasteiger partial charge in [-0.1, -0.05) is 0 Å². The highest BCUT2D eigenvalue weighted by Crippen LogP contribution is 2.26. The molecule has 1 aromatic heterocycles. The number of aromatic nitrogens is 2. The van der Waals surface area contributed by atoms with E-state index in [2.05, 4.69) is 27.2 Å². The number of rotatable bonds is 2. The fourth-order valence-electron chi connectivity index (χ4n) is 2.71. The van der Waals surface area contributed by atoms with Gasteiger partial charge in [-0.2, -0.15) is 5.10 Å². The second-order valence-electron chi connectivity index (χ2n) is 5.20. The van der Waals surface area contributed by atoms with Crippen LogP contribution in [0, 0.1) is 0 Å². The third-order valence-electron chi connectivity index (χ3n) is 3.86. The molecule has 0 saturated carbocycles. The van der Waals surface area contributed by atoms with Gasteiger partial charge in [-0.25, -0.2) is 0 Å². The SMILES string of the molecule is NC1CCN(c2ccc(C3CCOCC3)nn2)C1. The van der Waals surface area contributed by atoms with Gasteiger partial charge < -0.3 is 15.4 Å². The Morgan fingerprint density at radius 3 is 2.61 bits per heavy atom. The molecule has 2 aliphatic heterocycles. The zero-order valence-corrected chi connectivity index (χ0v) is 10.6. The highest BCUT2D eigenvalue weighted by molar-refractivity contribution is 5.39. The molecule has 0 aromatic carbocycles. The Labute approximate surface area is 107 Å². The average molecular weight is 248 g/mol. The monoisotopic (exact) mass is 248 g/mol. The van der Waals surface area contributed by atoms with Gasteiger partial charge in [-0.15, -0.1) is 5.10 Å². The zero-order valence-electron chi connectivity index (χ0n) is 10.6. The summed E-state index contributed by atoms with van der Waals surface area (Å²) in [6.45, 7) is 3.57. The second-order valence-corrected chi connectivity index (χ2v) is 5.20. The van der Waals surface area contributed by atoms with Crippen LogP contribution in [0.3, 0.4) is 0 Å². The number of ether oxygens (including phenoxy) is 1. The largest absolute Gasteiger partial charge is 0.381 e. The van der Waals surface area contributed by atoms with Crippen molar-refractivity contribution in [1.29, 1.82) is 0 Å². The van der Waals surface area contributed by atoms with Gasteiger partial charge in [-0.3, -0.25) is 0 Å². The summed E-state index contributed by atoms with van der Waals surface area (Å²) in [7, 11) is 0. The summed E-state index contributed by atoms with van der Waals surface area (Å²) < 4.78 is 5.37. The van der Waals surface area contributed by atoms with Crippen LogP contribution in [0.25, 0.3) is 0 Å². The summed E-state index contributed by atoms with van der Waals surface area (Å²) in [5.41, 5.74) is 7.01. The molecule has 3 heterocycles. The molecule has 0 amide bonds. The Bertz CT molecular complexity index is 365. The lowest BCUT2D eigenvalue weighted by Gasteiger charge is -2.22. The molecule has 5 nitrogen and oxygen atoms in total. The Morgan fingerprint density at radius 1 is 1.17 bits per heavy atom. The van der Waals surface area contributed by atoms with Crippen molar-refractivity contribution in [2.75, 3.05) is 31.2 Å². The minimum absolute atomic E-state index is 0.280. The van der Waals surface area contributed by atoms with Crippen molar-refractivity contribution in [3.05, 3.63) is 17.8 Å². The number of anilines is 1. The minimum Gasteiger partial charge on any atom is -0.381 e. The Morgan fingerprint density at radius 2 is 2.00 bits per heavy atom. The maximum atomic E-state index is 5.91. The van der Waals surface area contributed by atoms with Crippen molar-refractivity contribution in [2.45, 2.75) is 31.2 Å². The van der Waals surface area contributed by atoms with Crippen molar-refractivity contribution >= 4 is 5.82 Å². The molecule has 2 saturated heterocycles. The van der Waals surface area contributed by atoms with Crippen LogP contribution in [0.4, 0.5) is 5.82 Å². The van der Waals surface area contributed by atoms with Gasteiger partial charge in [0.2, 0.25) is 0 Å². The van der Waals surface area contributed by atoms with E-state index in [9.17, 15) is 0 Å². The molecule has 0 spiro atoms. The van der Waals surface area contributed by atoms with Crippen LogP contribution in [0.1, 0.15) is 30.9 Å². The quantitative estimate of drug-likeness (QED) is 0.842. The molecule has 0 bridgehead atoms. The van der Waals surface area contributed by atoms with E-state index in [1.165, 1.54) is 0 Å². The average Bonchev–Trinajstić information content (AvgIpc) is 2.87. The molecule has 3 rings (SSSR count). The summed E-state index contributed by atoms with van der Waals surface area (Å²) >= 11 is 0. The normalized spacial score (nSPS) is 25.6. The minimum atomic E-state index is 0.280. The molecular weight excluding hydrogens is 228 g/mol. The molecule has 5 heteroatoms. The molecule has 18 heavy (non-hydrogen) atoms. The van der Waals surface area contributed by atoms with Crippen molar-refractivity contribution in [3.8, 4) is 0 Å². The Balaban J connectivity index is 1.68. The summed E-state index contributed by atoms with van der Waals surface area (Å²) in [5.74, 6) is 1.47. The summed E-state index contributed by atoms with van der Waals surface area (Å²) in [5, 5.41) is 8.73. The van der Waals surface area contributed by atoms with Crippen LogP contribution in [-0.2, 0) is 4.74 Å². The topological polar surface area (TPSA) is 64.3 Å². The van der Waals surface area contributed by atoms with Gasteiger partial charge in [0.1, 0.15) is 0 Å². The molecule has 2 aliphatic rings. The third-order valence-corrected chi connectivity index (χ3v) is 3.86. The van der Waals surface area contributed by atoms with Crippen molar-refractivity contribution in [1.82, 2.24) is 10.2 Å². The zero-order chi connectivity index (χ0) is 12.4. The van der Waals surface area contributed by atoms with Crippen LogP contribution < -0.4 is 10.6 Å². The lowest BCUT2D eigenvalue weighted by atomic mass is 9.96. The molecule has 1 unspecified atom stereocenters. The fourth-order valence-corrected chi connectivity index (χ4v) is 2.71. The van der Waals surface area contributed by atoms with E-state index in [1.54, 1.807) is 0 Å². The van der Waals surface area contributed by atoms with E-state index in [4.69, 9.17) is 10.5 Å². The first-order chi connectivity index (χ1) is 8.83. The predicted molar refractivity (Wildman–Crippen MR) is 69.6 cm³/mol. The highest BCUT2D eigenvalue weighted by Gasteiger charge is 2.22. The Kier molecular flexibility index (Phi) is 3.43. The number of nitrogens with zero attached hydrogens (tertiary/aromatic N) is 3. The van der Waals surface area contributed by atoms with E-state index in [0.717, 1.165) is 57.1 Å². The highest BCUT2D eigenvalue weighted by atomic mass is 16.5. The van der Waals surface area contributed by atoms with Crippen LogP contribution in [0.15, 0.2) is 12.1 Å². The molecule has 98 valence electrons. The van der Waals surface area contributed by atoms with Crippen molar-refractivity contribution in [2.24, 2.45) is 5.73 Å². The van der Waals surface area contributed by atoms with E-state index >= 15 is 0 Å². The standard InChI is InChI=1S/C13H20N4O/c14-11-3-6-17(9-11)13-2-1-12(15-16-13)10-4-7-18-8-5-10/h1-2,10-11H,3-9,14H2. The summed E-state index contributed by atoms with van der Waals surface area (Å²) in [4.78, 5) is 2.21. The lowest BCUT2D eigenvalue weighted by Crippen LogP contribution is -2.27. The predicted octanol–water partition coefficient (Wildman–Crippen LogP) is 0.908. The van der Waals surface area contributed by atoms with E-state index in [0.29, 0.717) is 5.92 Å². The van der Waals surface area contributed by atoms with Gasteiger partial charge in [0.05, 0.1) is 5.69 Å². The number of nitrogens with two attached hydrogens (primary N) is 1. The van der Waals surface area contributed by atoms with Gasteiger partial charge >= 0.3 is 0 Å². The molecular formula is C13H20N4O. The van der Waals surface area contributed by atoms with E-state index in [1.807, 2.05) is 0 Å². The summed E-state index contributed by atoms with van der Waals surface area (Å²) in [6, 6.07) is 4.47. The van der Waals surface area contributed by atoms with Crippen LogP contribution in [-0.4, -0.2) is 42.5 Å². The first kappa shape index (κ1) is 11.9. The van der Waals surface area contributed by atoms with E-state index in [-0.39, 0.29) is 6.04 Å². The second kappa shape index (κ2) is 5.20. The van der Waals surface area contributed by atoms with Gasteiger partial charge in [0.25, 0.3) is 0 Å². The fraction of sp³-hybridized carbons (Fsp3) is 0.692. The number of hydrogen-bond donors (Lipinski definition) is 1. The van der Waals surface area contributed by atoms with Crippen LogP contribution in [0.5, 0.6) is 0 Å². The molecule has 0 aliphatic carbocycles. The molecule has 1 atom stereocenters. The summed E-state index contributed by atoms with van der Waals surface area (Å²) in [6.07, 6.45) is 3.16. The lowest BCUT2D eigenvalue weighted by molar-refractivity contribution is 0.0843. The first-order valence-electron chi connectivity index (χ1n) is 6.75. The number of hydrogen-bond acceptors (Lipinski definition) is 5. The third kappa shape index (κ3) is 2.47. The molecule has 1 aromatic rings. The molecule has 2 fully saturated rings. The maximum Gasteiger partial charge on any atom is 0.151 e.